The molecule has 21 heavy (non-hydrogen) atoms. The maximum Gasteiger partial charge on any atom is 0.320 e. The third-order valence-corrected chi connectivity index (χ3v) is 3.45. The van der Waals surface area contributed by atoms with E-state index in [2.05, 4.69) is 15.9 Å². The summed E-state index contributed by atoms with van der Waals surface area (Å²) in [6.45, 7) is 0. The van der Waals surface area contributed by atoms with Gasteiger partial charge in [0.25, 0.3) is 0 Å². The molecule has 1 atom stereocenters. The zero-order valence-corrected chi connectivity index (χ0v) is 12.6. The third kappa shape index (κ3) is 4.21. The van der Waals surface area contributed by atoms with E-state index in [0.29, 0.717) is 16.0 Å². The third-order valence-electron chi connectivity index (χ3n) is 2.83. The second-order valence-corrected chi connectivity index (χ2v) is 5.36. The number of rotatable bonds is 5. The fraction of sp³-hybridized carbons (Fsp3) is 0.133. The number of benzene rings is 2. The minimum Gasteiger partial charge on any atom is -0.508 e. The second-order valence-electron chi connectivity index (χ2n) is 4.51. The Bertz CT molecular complexity index is 643. The molecule has 0 radical (unpaired) electrons. The lowest BCUT2D eigenvalue weighted by molar-refractivity contribution is -0.138. The Balaban J connectivity index is 2.12. The van der Waals surface area contributed by atoms with Crippen molar-refractivity contribution in [3.63, 3.8) is 0 Å². The lowest BCUT2D eigenvalue weighted by Gasteiger charge is -2.11. The number of aromatic hydroxyl groups is 1. The number of carboxylic acids is 1. The van der Waals surface area contributed by atoms with Crippen LogP contribution >= 0.6 is 15.9 Å². The van der Waals surface area contributed by atoms with Crippen molar-refractivity contribution in [3.05, 3.63) is 52.5 Å². The van der Waals surface area contributed by atoms with Gasteiger partial charge in [0.15, 0.2) is 0 Å². The zero-order valence-electron chi connectivity index (χ0n) is 11.0. The number of phenols is 1. The summed E-state index contributed by atoms with van der Waals surface area (Å²) in [6, 6.07) is 10.7. The average molecular weight is 352 g/mol. The number of carbonyl (C=O) groups is 1. The van der Waals surface area contributed by atoms with Gasteiger partial charge in [-0.3, -0.25) is 4.79 Å². The zero-order chi connectivity index (χ0) is 15.4. The highest BCUT2D eigenvalue weighted by molar-refractivity contribution is 9.10. The molecule has 6 heteroatoms. The van der Waals surface area contributed by atoms with E-state index in [1.165, 1.54) is 12.1 Å². The van der Waals surface area contributed by atoms with Crippen LogP contribution in [-0.4, -0.2) is 22.2 Å². The number of carboxylic acid groups (broad SMARTS) is 1. The molecule has 1 unspecified atom stereocenters. The molecule has 0 aliphatic carbocycles. The summed E-state index contributed by atoms with van der Waals surface area (Å²) in [6.07, 6.45) is 0.243. The molecule has 2 aromatic rings. The largest absolute Gasteiger partial charge is 0.508 e. The summed E-state index contributed by atoms with van der Waals surface area (Å²) in [7, 11) is 0. The van der Waals surface area contributed by atoms with E-state index in [9.17, 15) is 9.90 Å². The number of hydrogen-bond acceptors (Lipinski definition) is 4. The Labute approximate surface area is 130 Å². The number of halogens is 1. The van der Waals surface area contributed by atoms with Gasteiger partial charge in [0, 0.05) is 0 Å². The number of nitrogens with two attached hydrogens (primary N) is 1. The van der Waals surface area contributed by atoms with Gasteiger partial charge in [-0.25, -0.2) is 0 Å². The van der Waals surface area contributed by atoms with Gasteiger partial charge in [-0.15, -0.1) is 0 Å². The molecule has 0 heterocycles. The van der Waals surface area contributed by atoms with Gasteiger partial charge < -0.3 is 20.7 Å². The minimum atomic E-state index is -1.03. The molecule has 110 valence electrons. The first-order valence-corrected chi connectivity index (χ1v) is 6.98. The van der Waals surface area contributed by atoms with Crippen LogP contribution < -0.4 is 10.5 Å². The quantitative estimate of drug-likeness (QED) is 0.770. The van der Waals surface area contributed by atoms with E-state index >= 15 is 0 Å². The molecular formula is C15H14BrNO4. The molecule has 2 aromatic carbocycles. The van der Waals surface area contributed by atoms with Crippen molar-refractivity contribution in [2.45, 2.75) is 12.5 Å². The highest BCUT2D eigenvalue weighted by Crippen LogP contribution is 2.31. The molecule has 4 N–H and O–H groups in total. The van der Waals surface area contributed by atoms with Crippen molar-refractivity contribution in [1.29, 1.82) is 0 Å². The standard InChI is InChI=1S/C15H14BrNO4/c16-12-7-9(8-13(17)15(19)20)1-6-14(12)21-11-4-2-10(18)3-5-11/h1-7,13,18H,8,17H2,(H,19,20). The summed E-state index contributed by atoms with van der Waals surface area (Å²) in [5.74, 6) is 0.312. The van der Waals surface area contributed by atoms with Gasteiger partial charge in [0.1, 0.15) is 23.3 Å². The summed E-state index contributed by atoms with van der Waals surface area (Å²) in [5, 5.41) is 18.0. The molecule has 0 aliphatic heterocycles. The summed E-state index contributed by atoms with van der Waals surface area (Å²) in [4.78, 5) is 10.7. The summed E-state index contributed by atoms with van der Waals surface area (Å²) < 4.78 is 6.37. The van der Waals surface area contributed by atoms with Crippen LogP contribution in [0.3, 0.4) is 0 Å². The summed E-state index contributed by atoms with van der Waals surface area (Å²) >= 11 is 3.38. The average Bonchev–Trinajstić information content (AvgIpc) is 2.44. The van der Waals surface area contributed by atoms with E-state index in [1.54, 1.807) is 30.3 Å². The van der Waals surface area contributed by atoms with E-state index in [1.807, 2.05) is 0 Å². The van der Waals surface area contributed by atoms with Crippen molar-refractivity contribution in [1.82, 2.24) is 0 Å². The smallest absolute Gasteiger partial charge is 0.320 e. The topological polar surface area (TPSA) is 92.8 Å². The van der Waals surface area contributed by atoms with E-state index < -0.39 is 12.0 Å². The lowest BCUT2D eigenvalue weighted by Crippen LogP contribution is -2.32. The van der Waals surface area contributed by atoms with Crippen molar-refractivity contribution in [2.75, 3.05) is 0 Å². The molecule has 0 fully saturated rings. The Morgan fingerprint density at radius 2 is 1.90 bits per heavy atom. The van der Waals surface area contributed by atoms with E-state index in [4.69, 9.17) is 15.6 Å². The highest BCUT2D eigenvalue weighted by Gasteiger charge is 2.13. The first-order chi connectivity index (χ1) is 9.95. The SMILES string of the molecule is NC(Cc1ccc(Oc2ccc(O)cc2)c(Br)c1)C(=O)O. The van der Waals surface area contributed by atoms with Crippen LogP contribution in [0, 0.1) is 0 Å². The molecule has 0 amide bonds. The van der Waals surface area contributed by atoms with Gasteiger partial charge >= 0.3 is 5.97 Å². The van der Waals surface area contributed by atoms with Crippen molar-refractivity contribution >= 4 is 21.9 Å². The number of hydrogen-bond donors (Lipinski definition) is 3. The van der Waals surface area contributed by atoms with Gasteiger partial charge in [0.2, 0.25) is 0 Å². The normalized spacial score (nSPS) is 11.9. The fourth-order valence-electron chi connectivity index (χ4n) is 1.74. The van der Waals surface area contributed by atoms with Crippen LogP contribution in [-0.2, 0) is 11.2 Å². The Morgan fingerprint density at radius 1 is 1.24 bits per heavy atom. The molecule has 0 aromatic heterocycles. The first kappa shape index (κ1) is 15.3. The molecule has 5 nitrogen and oxygen atoms in total. The van der Waals surface area contributed by atoms with Gasteiger partial charge in [-0.2, -0.15) is 0 Å². The van der Waals surface area contributed by atoms with E-state index in [0.717, 1.165) is 5.56 Å². The molecule has 2 rings (SSSR count). The van der Waals surface area contributed by atoms with Gasteiger partial charge in [0.05, 0.1) is 4.47 Å². The van der Waals surface area contributed by atoms with Gasteiger partial charge in [-0.1, -0.05) is 6.07 Å². The number of aliphatic carboxylic acids is 1. The monoisotopic (exact) mass is 351 g/mol. The van der Waals surface area contributed by atoms with Gasteiger partial charge in [-0.05, 0) is 64.3 Å². The molecule has 0 saturated heterocycles. The Kier molecular flexibility index (Phi) is 4.82. The summed E-state index contributed by atoms with van der Waals surface area (Å²) in [5.41, 5.74) is 6.31. The molecule has 0 aliphatic rings. The van der Waals surface area contributed by atoms with Crippen LogP contribution in [0.2, 0.25) is 0 Å². The predicted octanol–water partition coefficient (Wildman–Crippen LogP) is 2.90. The Morgan fingerprint density at radius 3 is 2.48 bits per heavy atom. The van der Waals surface area contributed by atoms with Crippen molar-refractivity contribution < 1.29 is 19.7 Å². The minimum absolute atomic E-state index is 0.166. The lowest BCUT2D eigenvalue weighted by atomic mass is 10.1. The number of ether oxygens (including phenoxy) is 1. The molecule has 0 spiro atoms. The molecule has 0 saturated carbocycles. The number of phenolic OH excluding ortho intramolecular Hbond substituents is 1. The van der Waals surface area contributed by atoms with Crippen molar-refractivity contribution in [3.8, 4) is 17.2 Å². The molecule has 0 bridgehead atoms. The second kappa shape index (κ2) is 6.60. The van der Waals surface area contributed by atoms with E-state index in [-0.39, 0.29) is 12.2 Å². The van der Waals surface area contributed by atoms with Crippen LogP contribution in [0.25, 0.3) is 0 Å². The van der Waals surface area contributed by atoms with Crippen LogP contribution in [0.5, 0.6) is 17.2 Å². The maximum absolute atomic E-state index is 10.7. The van der Waals surface area contributed by atoms with Crippen LogP contribution in [0.1, 0.15) is 5.56 Å². The highest BCUT2D eigenvalue weighted by atomic mass is 79.9. The van der Waals surface area contributed by atoms with Crippen LogP contribution in [0.4, 0.5) is 0 Å². The molecular weight excluding hydrogens is 338 g/mol. The van der Waals surface area contributed by atoms with Crippen molar-refractivity contribution in [2.24, 2.45) is 5.73 Å². The van der Waals surface area contributed by atoms with Crippen LogP contribution in [0.15, 0.2) is 46.9 Å². The predicted molar refractivity (Wildman–Crippen MR) is 81.6 cm³/mol. The maximum atomic E-state index is 10.7. The fourth-order valence-corrected chi connectivity index (χ4v) is 2.24. The first-order valence-electron chi connectivity index (χ1n) is 6.19. The Hall–Kier alpha value is -2.05.